The summed E-state index contributed by atoms with van der Waals surface area (Å²) in [5.74, 6) is 2.09. The highest BCUT2D eigenvalue weighted by Crippen LogP contribution is 2.28. The Morgan fingerprint density at radius 2 is 2.13 bits per heavy atom. The summed E-state index contributed by atoms with van der Waals surface area (Å²) in [4.78, 5) is 20.5. The second-order valence-electron chi connectivity index (χ2n) is 7.55. The van der Waals surface area contributed by atoms with E-state index in [9.17, 15) is 0 Å². The van der Waals surface area contributed by atoms with E-state index in [1.54, 1.807) is 6.33 Å². The zero-order valence-electron chi connectivity index (χ0n) is 18.0. The van der Waals surface area contributed by atoms with Gasteiger partial charge in [0.25, 0.3) is 0 Å². The zero-order valence-corrected chi connectivity index (χ0v) is 18.0. The predicted molar refractivity (Wildman–Crippen MR) is 116 cm³/mol. The number of nitrogens with zero attached hydrogens (tertiary/aromatic N) is 7. The number of piperazine rings is 1. The van der Waals surface area contributed by atoms with Gasteiger partial charge in [0.15, 0.2) is 5.82 Å². The molecule has 3 aromatic heterocycles. The Bertz CT molecular complexity index is 1020. The van der Waals surface area contributed by atoms with Crippen LogP contribution in [-0.4, -0.2) is 68.6 Å². The smallest absolute Gasteiger partial charge is 0.228 e. The van der Waals surface area contributed by atoms with Gasteiger partial charge in [-0.2, -0.15) is 10.1 Å². The third-order valence-electron chi connectivity index (χ3n) is 5.10. The zero-order chi connectivity index (χ0) is 21.1. The van der Waals surface area contributed by atoms with Crippen molar-refractivity contribution in [2.24, 2.45) is 0 Å². The van der Waals surface area contributed by atoms with Gasteiger partial charge in [0.05, 0.1) is 18.8 Å². The number of anilines is 3. The summed E-state index contributed by atoms with van der Waals surface area (Å²) >= 11 is 0. The number of hydrogen-bond acceptors (Lipinski definition) is 9. The minimum atomic E-state index is 0.383. The molecule has 0 amide bonds. The standard InChI is InChI=1S/C20H29N9O/c1-5-30-9-8-29-18-17(15(4)27-29)25-20(28-7-6-21-14(3)11-28)26-19(18)24-16-10-13(2)22-12-23-16/h10,12,14,21H,5-9,11H2,1-4H3,(H,22,23,24,25,26). The van der Waals surface area contributed by atoms with Gasteiger partial charge in [-0.1, -0.05) is 0 Å². The van der Waals surface area contributed by atoms with Crippen LogP contribution in [-0.2, 0) is 11.3 Å². The lowest BCUT2D eigenvalue weighted by Crippen LogP contribution is -2.49. The number of hydrogen-bond donors (Lipinski definition) is 2. The van der Waals surface area contributed by atoms with Crippen LogP contribution in [0.15, 0.2) is 12.4 Å². The molecule has 0 aromatic carbocycles. The molecule has 4 heterocycles. The van der Waals surface area contributed by atoms with E-state index in [4.69, 9.17) is 19.8 Å². The Balaban J connectivity index is 1.78. The van der Waals surface area contributed by atoms with Crippen molar-refractivity contribution in [2.75, 3.05) is 43.1 Å². The van der Waals surface area contributed by atoms with Crippen LogP contribution < -0.4 is 15.5 Å². The van der Waals surface area contributed by atoms with Crippen molar-refractivity contribution in [3.63, 3.8) is 0 Å². The molecule has 1 saturated heterocycles. The first-order chi connectivity index (χ1) is 14.5. The molecule has 0 aliphatic carbocycles. The summed E-state index contributed by atoms with van der Waals surface area (Å²) in [6, 6.07) is 2.28. The number of ether oxygens (including phenoxy) is 1. The molecule has 10 nitrogen and oxygen atoms in total. The van der Waals surface area contributed by atoms with Crippen LogP contribution in [0.4, 0.5) is 17.6 Å². The van der Waals surface area contributed by atoms with E-state index in [1.165, 1.54) is 0 Å². The van der Waals surface area contributed by atoms with Gasteiger partial charge < -0.3 is 20.3 Å². The summed E-state index contributed by atoms with van der Waals surface area (Å²) in [6.07, 6.45) is 1.55. The second-order valence-corrected chi connectivity index (χ2v) is 7.55. The van der Waals surface area contributed by atoms with E-state index in [0.29, 0.717) is 43.4 Å². The fourth-order valence-corrected chi connectivity index (χ4v) is 3.66. The summed E-state index contributed by atoms with van der Waals surface area (Å²) in [5, 5.41) is 11.6. The van der Waals surface area contributed by atoms with Crippen molar-refractivity contribution in [3.8, 4) is 0 Å². The monoisotopic (exact) mass is 411 g/mol. The molecular formula is C20H29N9O. The third kappa shape index (κ3) is 4.34. The average Bonchev–Trinajstić information content (AvgIpc) is 3.04. The first-order valence-corrected chi connectivity index (χ1v) is 10.4. The lowest BCUT2D eigenvalue weighted by Gasteiger charge is -2.32. The summed E-state index contributed by atoms with van der Waals surface area (Å²) in [7, 11) is 0. The SMILES string of the molecule is CCOCCn1nc(C)c2nc(N3CCNC(C)C3)nc(Nc3cc(C)ncn3)c21. The average molecular weight is 412 g/mol. The molecular weight excluding hydrogens is 382 g/mol. The summed E-state index contributed by atoms with van der Waals surface area (Å²) in [5.41, 5.74) is 3.46. The summed E-state index contributed by atoms with van der Waals surface area (Å²) in [6.45, 7) is 12.6. The van der Waals surface area contributed by atoms with Crippen molar-refractivity contribution in [3.05, 3.63) is 23.8 Å². The maximum absolute atomic E-state index is 5.54. The quantitative estimate of drug-likeness (QED) is 0.563. The molecule has 1 atom stereocenters. The highest BCUT2D eigenvalue weighted by molar-refractivity contribution is 5.90. The normalized spacial score (nSPS) is 16.9. The van der Waals surface area contributed by atoms with Crippen LogP contribution in [0.2, 0.25) is 0 Å². The van der Waals surface area contributed by atoms with E-state index < -0.39 is 0 Å². The van der Waals surface area contributed by atoms with Crippen molar-refractivity contribution in [2.45, 2.75) is 40.3 Å². The predicted octanol–water partition coefficient (Wildman–Crippen LogP) is 1.81. The molecule has 0 bridgehead atoms. The summed E-state index contributed by atoms with van der Waals surface area (Å²) < 4.78 is 7.46. The molecule has 1 aliphatic rings. The Morgan fingerprint density at radius 3 is 2.90 bits per heavy atom. The molecule has 1 aliphatic heterocycles. The van der Waals surface area contributed by atoms with E-state index in [-0.39, 0.29) is 0 Å². The first-order valence-electron chi connectivity index (χ1n) is 10.4. The lowest BCUT2D eigenvalue weighted by molar-refractivity contribution is 0.137. The lowest BCUT2D eigenvalue weighted by atomic mass is 10.2. The third-order valence-corrected chi connectivity index (χ3v) is 5.10. The van der Waals surface area contributed by atoms with Crippen molar-refractivity contribution < 1.29 is 4.74 Å². The molecule has 0 spiro atoms. The van der Waals surface area contributed by atoms with Crippen LogP contribution in [0.3, 0.4) is 0 Å². The number of aromatic nitrogens is 6. The van der Waals surface area contributed by atoms with E-state index in [2.05, 4.69) is 32.4 Å². The number of aryl methyl sites for hydroxylation is 2. The molecule has 10 heteroatoms. The van der Waals surface area contributed by atoms with Crippen LogP contribution >= 0.6 is 0 Å². The highest BCUT2D eigenvalue weighted by Gasteiger charge is 2.23. The van der Waals surface area contributed by atoms with Gasteiger partial charge in [-0.05, 0) is 27.7 Å². The van der Waals surface area contributed by atoms with Gasteiger partial charge in [-0.15, -0.1) is 0 Å². The number of nitrogens with one attached hydrogen (secondary N) is 2. The molecule has 2 N–H and O–H groups in total. The van der Waals surface area contributed by atoms with E-state index in [1.807, 2.05) is 31.5 Å². The molecule has 30 heavy (non-hydrogen) atoms. The Hall–Kier alpha value is -2.85. The number of rotatable bonds is 7. The van der Waals surface area contributed by atoms with Gasteiger partial charge in [0, 0.05) is 44.0 Å². The minimum absolute atomic E-state index is 0.383. The van der Waals surface area contributed by atoms with Gasteiger partial charge >= 0.3 is 0 Å². The molecule has 4 rings (SSSR count). The van der Waals surface area contributed by atoms with Crippen LogP contribution in [0.1, 0.15) is 25.2 Å². The van der Waals surface area contributed by atoms with Crippen LogP contribution in [0.5, 0.6) is 0 Å². The Morgan fingerprint density at radius 1 is 1.27 bits per heavy atom. The van der Waals surface area contributed by atoms with Gasteiger partial charge in [0.1, 0.15) is 23.2 Å². The fraction of sp³-hybridized carbons (Fsp3) is 0.550. The van der Waals surface area contributed by atoms with Crippen molar-refractivity contribution in [1.82, 2.24) is 35.0 Å². The molecule has 3 aromatic rings. The molecule has 1 fully saturated rings. The fourth-order valence-electron chi connectivity index (χ4n) is 3.66. The largest absolute Gasteiger partial charge is 0.380 e. The maximum atomic E-state index is 5.54. The Kier molecular flexibility index (Phi) is 6.05. The van der Waals surface area contributed by atoms with E-state index >= 15 is 0 Å². The van der Waals surface area contributed by atoms with Crippen molar-refractivity contribution in [1.29, 1.82) is 0 Å². The van der Waals surface area contributed by atoms with Gasteiger partial charge in [-0.25, -0.2) is 15.0 Å². The minimum Gasteiger partial charge on any atom is -0.380 e. The topological polar surface area (TPSA) is 106 Å². The molecule has 1 unspecified atom stereocenters. The van der Waals surface area contributed by atoms with E-state index in [0.717, 1.165) is 42.1 Å². The van der Waals surface area contributed by atoms with Crippen LogP contribution in [0.25, 0.3) is 11.0 Å². The molecule has 160 valence electrons. The van der Waals surface area contributed by atoms with Gasteiger partial charge in [-0.3, -0.25) is 4.68 Å². The highest BCUT2D eigenvalue weighted by atomic mass is 16.5. The second kappa shape index (κ2) is 8.88. The Labute approximate surface area is 176 Å². The molecule has 0 saturated carbocycles. The maximum Gasteiger partial charge on any atom is 0.228 e. The van der Waals surface area contributed by atoms with Crippen LogP contribution in [0, 0.1) is 13.8 Å². The van der Waals surface area contributed by atoms with Crippen molar-refractivity contribution >= 4 is 28.6 Å². The molecule has 0 radical (unpaired) electrons. The number of fused-ring (bicyclic) bond motifs is 1. The van der Waals surface area contributed by atoms with Gasteiger partial charge in [0.2, 0.25) is 5.95 Å². The first kappa shape index (κ1) is 20.4.